The summed E-state index contributed by atoms with van der Waals surface area (Å²) in [5.41, 5.74) is 0.372. The van der Waals surface area contributed by atoms with Gasteiger partial charge in [-0.2, -0.15) is 0 Å². The van der Waals surface area contributed by atoms with Crippen LogP contribution < -0.4 is 0 Å². The third-order valence-corrected chi connectivity index (χ3v) is 3.84. The molecule has 0 amide bonds. The fourth-order valence-electron chi connectivity index (χ4n) is 1.59. The predicted octanol–water partition coefficient (Wildman–Crippen LogP) is 3.48. The van der Waals surface area contributed by atoms with Gasteiger partial charge >= 0.3 is 0 Å². The van der Waals surface area contributed by atoms with E-state index < -0.39 is 11.6 Å². The van der Waals surface area contributed by atoms with E-state index in [0.717, 1.165) is 18.2 Å². The molecule has 7 heteroatoms. The Bertz CT molecular complexity index is 554. The molecule has 0 aliphatic heterocycles. The van der Waals surface area contributed by atoms with Gasteiger partial charge in [-0.1, -0.05) is 11.8 Å². The average molecular weight is 304 g/mol. The van der Waals surface area contributed by atoms with E-state index in [1.807, 2.05) is 0 Å². The summed E-state index contributed by atoms with van der Waals surface area (Å²) in [6, 6.07) is 3.30. The summed E-state index contributed by atoms with van der Waals surface area (Å²) in [5.74, 6) is 0.593. The van der Waals surface area contributed by atoms with Crippen molar-refractivity contribution in [1.82, 2.24) is 14.8 Å². The predicted molar refractivity (Wildman–Crippen MR) is 72.4 cm³/mol. The van der Waals surface area contributed by atoms with E-state index in [4.69, 9.17) is 11.6 Å². The highest BCUT2D eigenvalue weighted by molar-refractivity contribution is 7.99. The molecule has 1 heterocycles. The summed E-state index contributed by atoms with van der Waals surface area (Å²) in [5, 5.41) is 8.68. The third-order valence-electron chi connectivity index (χ3n) is 2.46. The fourth-order valence-corrected chi connectivity index (χ4v) is 2.73. The zero-order valence-corrected chi connectivity index (χ0v) is 11.8. The van der Waals surface area contributed by atoms with Crippen LogP contribution in [0.5, 0.6) is 0 Å². The van der Waals surface area contributed by atoms with Gasteiger partial charge < -0.3 is 4.57 Å². The van der Waals surface area contributed by atoms with Crippen LogP contribution in [0.2, 0.25) is 0 Å². The lowest BCUT2D eigenvalue weighted by Crippen LogP contribution is -1.96. The zero-order valence-electron chi connectivity index (χ0n) is 10.2. The number of hydrogen-bond acceptors (Lipinski definition) is 3. The highest BCUT2D eigenvalue weighted by atomic mass is 35.5. The summed E-state index contributed by atoms with van der Waals surface area (Å²) in [6.45, 7) is 0. The maximum atomic E-state index is 13.2. The lowest BCUT2D eigenvalue weighted by atomic mass is 10.2. The largest absolute Gasteiger partial charge is 0.305 e. The van der Waals surface area contributed by atoms with Crippen molar-refractivity contribution in [3.8, 4) is 11.4 Å². The Morgan fingerprint density at radius 1 is 1.21 bits per heavy atom. The minimum absolute atomic E-state index is 0.372. The van der Waals surface area contributed by atoms with Gasteiger partial charge in [0.05, 0.1) is 0 Å². The van der Waals surface area contributed by atoms with Crippen molar-refractivity contribution in [2.24, 2.45) is 7.05 Å². The number of nitrogens with zero attached hydrogens (tertiary/aromatic N) is 3. The summed E-state index contributed by atoms with van der Waals surface area (Å²) in [7, 11) is 1.77. The van der Waals surface area contributed by atoms with E-state index in [1.165, 1.54) is 23.9 Å². The third kappa shape index (κ3) is 3.45. The number of alkyl halides is 1. The molecule has 2 rings (SSSR count). The van der Waals surface area contributed by atoms with Crippen molar-refractivity contribution in [2.75, 3.05) is 11.6 Å². The number of halogens is 3. The Morgan fingerprint density at radius 2 is 1.89 bits per heavy atom. The van der Waals surface area contributed by atoms with Crippen molar-refractivity contribution in [3.05, 3.63) is 29.8 Å². The van der Waals surface area contributed by atoms with E-state index in [1.54, 1.807) is 11.6 Å². The molecule has 3 nitrogen and oxygen atoms in total. The Kier molecular flexibility index (Phi) is 4.76. The molecule has 0 radical (unpaired) electrons. The van der Waals surface area contributed by atoms with Gasteiger partial charge in [0.15, 0.2) is 11.0 Å². The van der Waals surface area contributed by atoms with E-state index in [9.17, 15) is 8.78 Å². The summed E-state index contributed by atoms with van der Waals surface area (Å²) in [4.78, 5) is 0. The van der Waals surface area contributed by atoms with Gasteiger partial charge in [0.25, 0.3) is 0 Å². The monoisotopic (exact) mass is 303 g/mol. The maximum Gasteiger partial charge on any atom is 0.191 e. The molecule has 0 fully saturated rings. The van der Waals surface area contributed by atoms with Gasteiger partial charge in [0.2, 0.25) is 0 Å². The normalized spacial score (nSPS) is 10.9. The van der Waals surface area contributed by atoms with E-state index >= 15 is 0 Å². The number of thioether (sulfide) groups is 1. The van der Waals surface area contributed by atoms with Crippen LogP contribution in [0.3, 0.4) is 0 Å². The molecule has 0 saturated heterocycles. The SMILES string of the molecule is Cn1c(SCCCCl)nnc1-c1cc(F)cc(F)c1. The highest BCUT2D eigenvalue weighted by Crippen LogP contribution is 2.24. The molecule has 0 aliphatic rings. The first kappa shape index (κ1) is 14.3. The van der Waals surface area contributed by atoms with Crippen LogP contribution in [0.1, 0.15) is 6.42 Å². The summed E-state index contributed by atoms with van der Waals surface area (Å²) < 4.78 is 28.1. The second-order valence-corrected chi connectivity index (χ2v) is 5.35. The zero-order chi connectivity index (χ0) is 13.8. The molecule has 0 aliphatic carbocycles. The molecular formula is C12H12ClF2N3S. The Labute approximate surface area is 119 Å². The molecule has 1 aromatic carbocycles. The highest BCUT2D eigenvalue weighted by Gasteiger charge is 2.12. The minimum atomic E-state index is -0.630. The van der Waals surface area contributed by atoms with Crippen LogP contribution in [-0.2, 0) is 7.05 Å². The fraction of sp³-hybridized carbons (Fsp3) is 0.333. The maximum absolute atomic E-state index is 13.2. The Morgan fingerprint density at radius 3 is 2.53 bits per heavy atom. The first-order valence-corrected chi connectivity index (χ1v) is 7.18. The first-order valence-electron chi connectivity index (χ1n) is 5.66. The molecule has 0 N–H and O–H groups in total. The number of hydrogen-bond donors (Lipinski definition) is 0. The lowest BCUT2D eigenvalue weighted by molar-refractivity contribution is 0.583. The molecule has 0 unspecified atom stereocenters. The topological polar surface area (TPSA) is 30.7 Å². The van der Waals surface area contributed by atoms with Gasteiger partial charge in [0, 0.05) is 30.3 Å². The molecule has 19 heavy (non-hydrogen) atoms. The molecule has 2 aromatic rings. The Balaban J connectivity index is 2.25. The summed E-state index contributed by atoms with van der Waals surface area (Å²) in [6.07, 6.45) is 0.864. The van der Waals surface area contributed by atoms with Crippen LogP contribution in [0.4, 0.5) is 8.78 Å². The molecule has 0 saturated carbocycles. The van der Waals surface area contributed by atoms with E-state index in [2.05, 4.69) is 10.2 Å². The number of aromatic nitrogens is 3. The molecule has 0 atom stereocenters. The average Bonchev–Trinajstić information content (AvgIpc) is 2.70. The van der Waals surface area contributed by atoms with Crippen LogP contribution >= 0.6 is 23.4 Å². The lowest BCUT2D eigenvalue weighted by Gasteiger charge is -2.04. The van der Waals surface area contributed by atoms with Crippen molar-refractivity contribution in [2.45, 2.75) is 11.6 Å². The van der Waals surface area contributed by atoms with Crippen molar-refractivity contribution < 1.29 is 8.78 Å². The quantitative estimate of drug-likeness (QED) is 0.481. The number of benzene rings is 1. The van der Waals surface area contributed by atoms with Gasteiger partial charge in [-0.25, -0.2) is 8.78 Å². The molecule has 1 aromatic heterocycles. The van der Waals surface area contributed by atoms with Crippen LogP contribution in [0.25, 0.3) is 11.4 Å². The van der Waals surface area contributed by atoms with Crippen molar-refractivity contribution in [3.63, 3.8) is 0 Å². The van der Waals surface area contributed by atoms with Crippen LogP contribution in [-0.4, -0.2) is 26.4 Å². The van der Waals surface area contributed by atoms with Crippen LogP contribution in [0, 0.1) is 11.6 Å². The van der Waals surface area contributed by atoms with E-state index in [-0.39, 0.29) is 0 Å². The first-order chi connectivity index (χ1) is 9.11. The second kappa shape index (κ2) is 6.34. The van der Waals surface area contributed by atoms with Gasteiger partial charge in [-0.05, 0) is 18.6 Å². The van der Waals surface area contributed by atoms with Gasteiger partial charge in [0.1, 0.15) is 11.6 Å². The molecular weight excluding hydrogens is 292 g/mol. The van der Waals surface area contributed by atoms with Crippen molar-refractivity contribution >= 4 is 23.4 Å². The molecule has 0 bridgehead atoms. The van der Waals surface area contributed by atoms with Crippen molar-refractivity contribution in [1.29, 1.82) is 0 Å². The van der Waals surface area contributed by atoms with E-state index in [0.29, 0.717) is 22.4 Å². The standard InChI is InChI=1S/C12H12ClF2N3S/c1-18-11(8-5-9(14)7-10(15)6-8)16-17-12(18)19-4-2-3-13/h5-7H,2-4H2,1H3. The molecule has 102 valence electrons. The second-order valence-electron chi connectivity index (χ2n) is 3.91. The summed E-state index contributed by atoms with van der Waals surface area (Å²) >= 11 is 7.12. The Hall–Kier alpha value is -1.14. The molecule has 0 spiro atoms. The van der Waals surface area contributed by atoms with Gasteiger partial charge in [-0.3, -0.25) is 0 Å². The van der Waals surface area contributed by atoms with Gasteiger partial charge in [-0.15, -0.1) is 21.8 Å². The smallest absolute Gasteiger partial charge is 0.191 e. The number of rotatable bonds is 5. The minimum Gasteiger partial charge on any atom is -0.305 e. The van der Waals surface area contributed by atoms with Crippen LogP contribution in [0.15, 0.2) is 23.4 Å².